The summed E-state index contributed by atoms with van der Waals surface area (Å²) in [5.41, 5.74) is 7.73. The summed E-state index contributed by atoms with van der Waals surface area (Å²) in [6.07, 6.45) is 0. The number of rotatable bonds is 5. The van der Waals surface area contributed by atoms with Crippen molar-refractivity contribution in [2.75, 3.05) is 32.7 Å². The molecule has 1 atom stereocenters. The SMILES string of the molecule is Cc1ccc(-c2noc(CN3CCN(C(=O)C(C)CN)CC3)n2)cc1.Cl.Cl. The maximum Gasteiger partial charge on any atom is 0.241 e. The minimum atomic E-state index is -0.112. The number of hydrogen-bond acceptors (Lipinski definition) is 6. The molecule has 7 nitrogen and oxygen atoms in total. The molecule has 9 heteroatoms. The van der Waals surface area contributed by atoms with Gasteiger partial charge in [-0.15, -0.1) is 24.8 Å². The lowest BCUT2D eigenvalue weighted by Gasteiger charge is -2.35. The molecule has 1 aromatic heterocycles. The third kappa shape index (κ3) is 5.90. The highest BCUT2D eigenvalue weighted by molar-refractivity contribution is 5.85. The highest BCUT2D eigenvalue weighted by atomic mass is 35.5. The van der Waals surface area contributed by atoms with Gasteiger partial charge in [-0.2, -0.15) is 4.98 Å². The molecule has 1 saturated heterocycles. The van der Waals surface area contributed by atoms with Crippen LogP contribution in [0.15, 0.2) is 28.8 Å². The monoisotopic (exact) mass is 415 g/mol. The van der Waals surface area contributed by atoms with Crippen molar-refractivity contribution in [2.45, 2.75) is 20.4 Å². The number of aromatic nitrogens is 2. The largest absolute Gasteiger partial charge is 0.340 e. The highest BCUT2D eigenvalue weighted by Gasteiger charge is 2.25. The molecule has 150 valence electrons. The number of amides is 1. The van der Waals surface area contributed by atoms with E-state index in [0.29, 0.717) is 37.9 Å². The number of carbonyl (C=O) groups excluding carboxylic acids is 1. The Morgan fingerprint density at radius 3 is 2.41 bits per heavy atom. The van der Waals surface area contributed by atoms with E-state index in [4.69, 9.17) is 10.3 Å². The Morgan fingerprint density at radius 2 is 1.81 bits per heavy atom. The normalized spacial score (nSPS) is 15.6. The van der Waals surface area contributed by atoms with Gasteiger partial charge < -0.3 is 15.2 Å². The molecule has 0 saturated carbocycles. The van der Waals surface area contributed by atoms with Gasteiger partial charge in [0.05, 0.1) is 6.54 Å². The van der Waals surface area contributed by atoms with Gasteiger partial charge in [-0.3, -0.25) is 9.69 Å². The zero-order valence-electron chi connectivity index (χ0n) is 15.6. The molecule has 1 unspecified atom stereocenters. The molecule has 1 amide bonds. The molecule has 27 heavy (non-hydrogen) atoms. The van der Waals surface area contributed by atoms with E-state index in [1.165, 1.54) is 5.56 Å². The average Bonchev–Trinajstić information content (AvgIpc) is 3.10. The number of benzene rings is 1. The van der Waals surface area contributed by atoms with Crippen molar-refractivity contribution in [1.82, 2.24) is 19.9 Å². The van der Waals surface area contributed by atoms with E-state index in [-0.39, 0.29) is 36.6 Å². The minimum Gasteiger partial charge on any atom is -0.340 e. The van der Waals surface area contributed by atoms with Crippen molar-refractivity contribution in [3.05, 3.63) is 35.7 Å². The van der Waals surface area contributed by atoms with Gasteiger partial charge >= 0.3 is 0 Å². The van der Waals surface area contributed by atoms with E-state index < -0.39 is 0 Å². The van der Waals surface area contributed by atoms with Crippen LogP contribution in [0.2, 0.25) is 0 Å². The molecule has 0 radical (unpaired) electrons. The number of nitrogens with two attached hydrogens (primary N) is 1. The Balaban J connectivity index is 0.00000182. The van der Waals surface area contributed by atoms with Gasteiger partial charge in [0.25, 0.3) is 0 Å². The summed E-state index contributed by atoms with van der Waals surface area (Å²) < 4.78 is 5.38. The van der Waals surface area contributed by atoms with E-state index >= 15 is 0 Å². The fourth-order valence-corrected chi connectivity index (χ4v) is 2.87. The van der Waals surface area contributed by atoms with Crippen LogP contribution >= 0.6 is 24.8 Å². The fourth-order valence-electron chi connectivity index (χ4n) is 2.87. The average molecular weight is 416 g/mol. The second-order valence-corrected chi connectivity index (χ2v) is 6.62. The summed E-state index contributed by atoms with van der Waals surface area (Å²) >= 11 is 0. The summed E-state index contributed by atoms with van der Waals surface area (Å²) in [4.78, 5) is 20.8. The minimum absolute atomic E-state index is 0. The van der Waals surface area contributed by atoms with Gasteiger partial charge in [0.15, 0.2) is 0 Å². The molecule has 2 N–H and O–H groups in total. The number of carbonyl (C=O) groups is 1. The first kappa shape index (κ1) is 23.4. The lowest BCUT2D eigenvalue weighted by molar-refractivity contribution is -0.136. The molecular weight excluding hydrogens is 389 g/mol. The Bertz CT molecular complexity index is 715. The number of aryl methyl sites for hydroxylation is 1. The van der Waals surface area contributed by atoms with Crippen LogP contribution in [-0.4, -0.2) is 58.6 Å². The number of halogens is 2. The number of piperazine rings is 1. The summed E-state index contributed by atoms with van der Waals surface area (Å²) in [6.45, 7) is 7.93. The maximum absolute atomic E-state index is 12.2. The molecule has 2 heterocycles. The standard InChI is InChI=1S/C18H25N5O2.2ClH/c1-13-3-5-15(6-4-13)17-20-16(25-21-17)12-22-7-9-23(10-8-22)18(24)14(2)11-19;;/h3-6,14H,7-12,19H2,1-2H3;2*1H. The second-order valence-electron chi connectivity index (χ2n) is 6.62. The van der Waals surface area contributed by atoms with Crippen LogP contribution in [-0.2, 0) is 11.3 Å². The summed E-state index contributed by atoms with van der Waals surface area (Å²) in [7, 11) is 0. The smallest absolute Gasteiger partial charge is 0.241 e. The Hall–Kier alpha value is -1.67. The summed E-state index contributed by atoms with van der Waals surface area (Å²) in [5, 5.41) is 4.07. The zero-order chi connectivity index (χ0) is 17.8. The Labute approximate surface area is 172 Å². The Morgan fingerprint density at radius 1 is 1.19 bits per heavy atom. The van der Waals surface area contributed by atoms with Crippen LogP contribution in [0.1, 0.15) is 18.4 Å². The zero-order valence-corrected chi connectivity index (χ0v) is 17.3. The molecule has 0 aliphatic carbocycles. The van der Waals surface area contributed by atoms with Crippen molar-refractivity contribution < 1.29 is 9.32 Å². The van der Waals surface area contributed by atoms with Crippen molar-refractivity contribution in [1.29, 1.82) is 0 Å². The van der Waals surface area contributed by atoms with E-state index in [1.807, 2.05) is 43.0 Å². The summed E-state index contributed by atoms with van der Waals surface area (Å²) in [5.74, 6) is 1.24. The van der Waals surface area contributed by atoms with Crippen LogP contribution in [0.4, 0.5) is 0 Å². The molecule has 1 aliphatic rings. The maximum atomic E-state index is 12.2. The van der Waals surface area contributed by atoms with Crippen molar-refractivity contribution in [3.8, 4) is 11.4 Å². The first-order chi connectivity index (χ1) is 12.1. The predicted octanol–water partition coefficient (Wildman–Crippen LogP) is 2.13. The van der Waals surface area contributed by atoms with Crippen LogP contribution in [0, 0.1) is 12.8 Å². The van der Waals surface area contributed by atoms with Gasteiger partial charge in [-0.1, -0.05) is 41.9 Å². The van der Waals surface area contributed by atoms with E-state index in [1.54, 1.807) is 0 Å². The molecule has 1 fully saturated rings. The first-order valence-corrected chi connectivity index (χ1v) is 8.67. The first-order valence-electron chi connectivity index (χ1n) is 8.67. The van der Waals surface area contributed by atoms with Gasteiger partial charge in [-0.25, -0.2) is 0 Å². The van der Waals surface area contributed by atoms with Crippen molar-refractivity contribution in [2.24, 2.45) is 11.7 Å². The third-order valence-electron chi connectivity index (χ3n) is 4.60. The molecule has 2 aromatic rings. The van der Waals surface area contributed by atoms with Gasteiger partial charge in [0.2, 0.25) is 17.6 Å². The molecule has 3 rings (SSSR count). The molecular formula is C18H27Cl2N5O2. The quantitative estimate of drug-likeness (QED) is 0.804. The van der Waals surface area contributed by atoms with Gasteiger partial charge in [0.1, 0.15) is 0 Å². The van der Waals surface area contributed by atoms with Crippen LogP contribution < -0.4 is 5.73 Å². The van der Waals surface area contributed by atoms with Crippen LogP contribution in [0.25, 0.3) is 11.4 Å². The summed E-state index contributed by atoms with van der Waals surface area (Å²) in [6, 6.07) is 8.05. The van der Waals surface area contributed by atoms with Crippen molar-refractivity contribution in [3.63, 3.8) is 0 Å². The Kier molecular flexibility index (Phi) is 9.18. The lowest BCUT2D eigenvalue weighted by atomic mass is 10.1. The third-order valence-corrected chi connectivity index (χ3v) is 4.60. The van der Waals surface area contributed by atoms with E-state index in [2.05, 4.69) is 15.0 Å². The highest BCUT2D eigenvalue weighted by Crippen LogP contribution is 2.17. The van der Waals surface area contributed by atoms with Gasteiger partial charge in [0, 0.05) is 44.2 Å². The molecule has 0 bridgehead atoms. The number of hydrogen-bond donors (Lipinski definition) is 1. The second kappa shape index (κ2) is 10.6. The van der Waals surface area contributed by atoms with Crippen LogP contribution in [0.3, 0.4) is 0 Å². The topological polar surface area (TPSA) is 88.5 Å². The predicted molar refractivity (Wildman–Crippen MR) is 109 cm³/mol. The van der Waals surface area contributed by atoms with E-state index in [9.17, 15) is 4.79 Å². The fraction of sp³-hybridized carbons (Fsp3) is 0.500. The number of nitrogens with zero attached hydrogens (tertiary/aromatic N) is 4. The molecule has 0 spiro atoms. The van der Waals surface area contributed by atoms with E-state index in [0.717, 1.165) is 18.7 Å². The molecule has 1 aliphatic heterocycles. The van der Waals surface area contributed by atoms with Crippen molar-refractivity contribution >= 4 is 30.7 Å². The lowest BCUT2D eigenvalue weighted by Crippen LogP contribution is -2.50. The van der Waals surface area contributed by atoms with Crippen LogP contribution in [0.5, 0.6) is 0 Å². The van der Waals surface area contributed by atoms with Gasteiger partial charge in [-0.05, 0) is 6.92 Å². The molecule has 1 aromatic carbocycles.